The first-order valence-electron chi connectivity index (χ1n) is 7.88. The number of rotatable bonds is 4. The predicted octanol–water partition coefficient (Wildman–Crippen LogP) is 2.18. The van der Waals surface area contributed by atoms with Crippen LogP contribution in [0.25, 0.3) is 0 Å². The maximum absolute atomic E-state index is 12.4. The summed E-state index contributed by atoms with van der Waals surface area (Å²) in [5.74, 6) is -0.349. The molecule has 1 aliphatic heterocycles. The molecule has 0 radical (unpaired) electrons. The summed E-state index contributed by atoms with van der Waals surface area (Å²) in [6.07, 6.45) is 0.533. The van der Waals surface area contributed by atoms with E-state index in [1.165, 1.54) is 4.90 Å². The monoisotopic (exact) mass is 324 g/mol. The van der Waals surface area contributed by atoms with Gasteiger partial charge in [-0.15, -0.1) is 0 Å². The fraction of sp³-hybridized carbons (Fsp3) is 0.263. The first-order chi connectivity index (χ1) is 11.4. The van der Waals surface area contributed by atoms with E-state index in [1.807, 2.05) is 13.8 Å². The lowest BCUT2D eigenvalue weighted by Crippen LogP contribution is -2.42. The molecule has 5 nitrogen and oxygen atoms in total. The summed E-state index contributed by atoms with van der Waals surface area (Å²) < 4.78 is 0. The number of hydrogen-bond donors (Lipinski definition) is 2. The molecule has 1 heterocycles. The number of hydrogen-bond acceptors (Lipinski definition) is 4. The van der Waals surface area contributed by atoms with Crippen LogP contribution >= 0.6 is 0 Å². The van der Waals surface area contributed by atoms with Crippen molar-refractivity contribution in [1.29, 1.82) is 0 Å². The van der Waals surface area contributed by atoms with Gasteiger partial charge in [0.25, 0.3) is 11.8 Å². The van der Waals surface area contributed by atoms with Gasteiger partial charge in [-0.25, -0.2) is 0 Å². The third-order valence-electron chi connectivity index (χ3n) is 4.44. The zero-order valence-electron chi connectivity index (χ0n) is 13.7. The Hall–Kier alpha value is -2.66. The summed E-state index contributed by atoms with van der Waals surface area (Å²) in [6.45, 7) is 4.00. The van der Waals surface area contributed by atoms with Crippen LogP contribution in [0.3, 0.4) is 0 Å². The molecule has 0 bridgehead atoms. The molecular weight excluding hydrogens is 304 g/mol. The zero-order chi connectivity index (χ0) is 17.4. The quantitative estimate of drug-likeness (QED) is 0.844. The van der Waals surface area contributed by atoms with E-state index in [4.69, 9.17) is 5.73 Å². The van der Waals surface area contributed by atoms with Gasteiger partial charge in [0.2, 0.25) is 0 Å². The third kappa shape index (κ3) is 2.78. The Bertz CT molecular complexity index is 771. The summed E-state index contributed by atoms with van der Waals surface area (Å²) >= 11 is 0. The van der Waals surface area contributed by atoms with Crippen LogP contribution in [0.1, 0.15) is 37.4 Å². The molecule has 0 saturated heterocycles. The van der Waals surface area contributed by atoms with Gasteiger partial charge in [-0.2, -0.15) is 0 Å². The predicted molar refractivity (Wildman–Crippen MR) is 91.1 cm³/mol. The molecule has 2 amide bonds. The van der Waals surface area contributed by atoms with Crippen LogP contribution in [0, 0.1) is 13.8 Å². The topological polar surface area (TPSA) is 83.6 Å². The van der Waals surface area contributed by atoms with Gasteiger partial charge in [0.1, 0.15) is 5.75 Å². The van der Waals surface area contributed by atoms with Gasteiger partial charge >= 0.3 is 0 Å². The highest BCUT2D eigenvalue weighted by Gasteiger charge is 2.35. The van der Waals surface area contributed by atoms with Crippen molar-refractivity contribution in [1.82, 2.24) is 4.90 Å². The molecule has 3 rings (SSSR count). The SMILES string of the molecule is Cc1cc(O)cc(C)c1CC(N)CN1C(=O)c2ccccc2C1=O. The third-order valence-corrected chi connectivity index (χ3v) is 4.44. The molecule has 124 valence electrons. The minimum atomic E-state index is -0.367. The zero-order valence-corrected chi connectivity index (χ0v) is 13.7. The second kappa shape index (κ2) is 6.09. The number of aryl methyl sites for hydroxylation is 2. The number of aromatic hydroxyl groups is 1. The molecule has 0 spiro atoms. The fourth-order valence-electron chi connectivity index (χ4n) is 3.26. The van der Waals surface area contributed by atoms with Crippen LogP contribution in [0.15, 0.2) is 36.4 Å². The second-order valence-electron chi connectivity index (χ2n) is 6.29. The van der Waals surface area contributed by atoms with E-state index in [9.17, 15) is 14.7 Å². The molecule has 3 N–H and O–H groups in total. The van der Waals surface area contributed by atoms with Crippen molar-refractivity contribution in [3.8, 4) is 5.75 Å². The van der Waals surface area contributed by atoms with Crippen molar-refractivity contribution in [3.63, 3.8) is 0 Å². The van der Waals surface area contributed by atoms with Crippen LogP contribution in [0.2, 0.25) is 0 Å². The Balaban J connectivity index is 1.76. The average Bonchev–Trinajstić information content (AvgIpc) is 2.76. The van der Waals surface area contributed by atoms with Crippen LogP contribution in [0.5, 0.6) is 5.75 Å². The molecule has 1 atom stereocenters. The maximum Gasteiger partial charge on any atom is 0.261 e. The van der Waals surface area contributed by atoms with Crippen LogP contribution < -0.4 is 5.73 Å². The highest BCUT2D eigenvalue weighted by atomic mass is 16.3. The lowest BCUT2D eigenvalue weighted by Gasteiger charge is -2.21. The number of imide groups is 1. The molecule has 0 aliphatic carbocycles. The van der Waals surface area contributed by atoms with Crippen LogP contribution in [0.4, 0.5) is 0 Å². The average molecular weight is 324 g/mol. The number of carbonyl (C=O) groups is 2. The summed E-state index contributed by atoms with van der Waals surface area (Å²) in [5.41, 5.74) is 10.0. The van der Waals surface area contributed by atoms with Crippen molar-refractivity contribution >= 4 is 11.8 Å². The van der Waals surface area contributed by atoms with E-state index in [-0.39, 0.29) is 30.2 Å². The Kier molecular flexibility index (Phi) is 4.11. The number of phenolic OH excluding ortho intramolecular Hbond substituents is 1. The van der Waals surface area contributed by atoms with Crippen molar-refractivity contribution in [2.24, 2.45) is 5.73 Å². The van der Waals surface area contributed by atoms with E-state index in [0.29, 0.717) is 17.5 Å². The Labute approximate surface area is 140 Å². The largest absolute Gasteiger partial charge is 0.508 e. The first kappa shape index (κ1) is 16.2. The molecular formula is C19H20N2O3. The summed E-state index contributed by atoms with van der Waals surface area (Å²) in [5, 5.41) is 9.62. The van der Waals surface area contributed by atoms with E-state index in [1.54, 1.807) is 36.4 Å². The van der Waals surface area contributed by atoms with E-state index >= 15 is 0 Å². The minimum Gasteiger partial charge on any atom is -0.508 e. The number of phenols is 1. The van der Waals surface area contributed by atoms with Gasteiger partial charge in [-0.1, -0.05) is 12.1 Å². The summed E-state index contributed by atoms with van der Waals surface area (Å²) in [7, 11) is 0. The van der Waals surface area contributed by atoms with Crippen molar-refractivity contribution in [2.45, 2.75) is 26.3 Å². The van der Waals surface area contributed by atoms with Crippen molar-refractivity contribution in [3.05, 3.63) is 64.2 Å². The summed E-state index contributed by atoms with van der Waals surface area (Å²) in [6, 6.07) is 9.83. The number of nitrogens with two attached hydrogens (primary N) is 1. The Morgan fingerprint density at radius 2 is 1.54 bits per heavy atom. The minimum absolute atomic E-state index is 0.173. The highest BCUT2D eigenvalue weighted by Crippen LogP contribution is 2.24. The number of fused-ring (bicyclic) bond motifs is 1. The van der Waals surface area contributed by atoms with E-state index in [0.717, 1.165) is 16.7 Å². The molecule has 2 aromatic rings. The number of carbonyl (C=O) groups excluding carboxylic acids is 2. The van der Waals surface area contributed by atoms with Crippen molar-refractivity contribution < 1.29 is 14.7 Å². The number of benzene rings is 2. The van der Waals surface area contributed by atoms with E-state index in [2.05, 4.69) is 0 Å². The Morgan fingerprint density at radius 1 is 1.04 bits per heavy atom. The second-order valence-corrected chi connectivity index (χ2v) is 6.29. The molecule has 0 aromatic heterocycles. The van der Waals surface area contributed by atoms with Gasteiger partial charge in [0.15, 0.2) is 0 Å². The van der Waals surface area contributed by atoms with Crippen molar-refractivity contribution in [2.75, 3.05) is 6.54 Å². The maximum atomic E-state index is 12.4. The van der Waals surface area contributed by atoms with Crippen LogP contribution in [-0.2, 0) is 6.42 Å². The summed E-state index contributed by atoms with van der Waals surface area (Å²) in [4.78, 5) is 26.0. The van der Waals surface area contributed by atoms with E-state index < -0.39 is 0 Å². The highest BCUT2D eigenvalue weighted by molar-refractivity contribution is 6.21. The smallest absolute Gasteiger partial charge is 0.261 e. The lowest BCUT2D eigenvalue weighted by atomic mass is 9.96. The van der Waals surface area contributed by atoms with Gasteiger partial charge in [0.05, 0.1) is 11.1 Å². The van der Waals surface area contributed by atoms with Gasteiger partial charge in [-0.3, -0.25) is 14.5 Å². The standard InChI is InChI=1S/C19H20N2O3/c1-11-7-14(22)8-12(2)17(11)9-13(20)10-21-18(23)15-5-3-4-6-16(15)19(21)24/h3-8,13,22H,9-10,20H2,1-2H3. The van der Waals surface area contributed by atoms with Gasteiger partial charge in [-0.05, 0) is 61.2 Å². The Morgan fingerprint density at radius 3 is 2.04 bits per heavy atom. The molecule has 1 aliphatic rings. The fourth-order valence-corrected chi connectivity index (χ4v) is 3.26. The van der Waals surface area contributed by atoms with Gasteiger partial charge < -0.3 is 10.8 Å². The molecule has 24 heavy (non-hydrogen) atoms. The molecule has 0 fully saturated rings. The number of nitrogens with zero attached hydrogens (tertiary/aromatic N) is 1. The van der Waals surface area contributed by atoms with Crippen LogP contribution in [-0.4, -0.2) is 34.4 Å². The molecule has 2 aromatic carbocycles. The number of amides is 2. The molecule has 0 saturated carbocycles. The lowest BCUT2D eigenvalue weighted by molar-refractivity contribution is 0.0644. The first-order valence-corrected chi connectivity index (χ1v) is 7.88. The molecule has 5 heteroatoms. The van der Waals surface area contributed by atoms with Gasteiger partial charge in [0, 0.05) is 12.6 Å². The molecule has 1 unspecified atom stereocenters. The normalized spacial score (nSPS) is 14.9.